The molecule has 106 valence electrons. The molecule has 0 spiro atoms. The number of hydrogen-bond donors (Lipinski definition) is 2. The third-order valence-corrected chi connectivity index (χ3v) is 3.25. The molecule has 0 fully saturated rings. The van der Waals surface area contributed by atoms with Crippen molar-refractivity contribution in [2.75, 3.05) is 18.0 Å². The van der Waals surface area contributed by atoms with Crippen molar-refractivity contribution in [3.63, 3.8) is 0 Å². The first-order chi connectivity index (χ1) is 9.14. The van der Waals surface area contributed by atoms with Crippen LogP contribution in [0.3, 0.4) is 0 Å². The van der Waals surface area contributed by atoms with E-state index in [4.69, 9.17) is 10.9 Å². The van der Waals surface area contributed by atoms with Gasteiger partial charge in [-0.25, -0.2) is 0 Å². The van der Waals surface area contributed by atoms with Crippen molar-refractivity contribution in [1.82, 2.24) is 10.2 Å². The topological polar surface area (TPSA) is 87.6 Å². The predicted octanol–water partition coefficient (Wildman–Crippen LogP) is 1.54. The minimum Gasteiger partial charge on any atom is -0.409 e. The molecule has 0 aliphatic carbocycles. The van der Waals surface area contributed by atoms with Gasteiger partial charge in [-0.05, 0) is 32.3 Å². The number of amidine groups is 1. The van der Waals surface area contributed by atoms with E-state index in [1.54, 1.807) is 0 Å². The number of nitrogens with two attached hydrogens (primary N) is 1. The zero-order valence-corrected chi connectivity index (χ0v) is 12.1. The molecule has 1 heterocycles. The Morgan fingerprint density at radius 1 is 1.16 bits per heavy atom. The normalized spacial score (nSPS) is 11.7. The molecule has 3 N–H and O–H groups in total. The fraction of sp³-hybridized carbons (Fsp3) is 0.615. The van der Waals surface area contributed by atoms with E-state index in [1.165, 1.54) is 0 Å². The van der Waals surface area contributed by atoms with E-state index in [-0.39, 0.29) is 5.84 Å². The van der Waals surface area contributed by atoms with Crippen molar-refractivity contribution in [2.24, 2.45) is 10.9 Å². The van der Waals surface area contributed by atoms with E-state index in [0.717, 1.165) is 37.2 Å². The number of rotatable bonds is 6. The number of anilines is 1. The Bertz CT molecular complexity index is 455. The average Bonchev–Trinajstić information content (AvgIpc) is 2.46. The second-order valence-electron chi connectivity index (χ2n) is 4.19. The van der Waals surface area contributed by atoms with Gasteiger partial charge in [0, 0.05) is 13.1 Å². The van der Waals surface area contributed by atoms with Crippen LogP contribution in [0.25, 0.3) is 0 Å². The standard InChI is InChI=1S/C13H23N5O/c1-5-9-10(6-2)15-16-13(18(7-3)8-4)11(9)12(14)17-19/h19H,5-8H2,1-4H3,(H2,14,17). The fourth-order valence-corrected chi connectivity index (χ4v) is 2.23. The molecule has 0 atom stereocenters. The fourth-order valence-electron chi connectivity index (χ4n) is 2.23. The van der Waals surface area contributed by atoms with Gasteiger partial charge in [0.05, 0.1) is 11.3 Å². The van der Waals surface area contributed by atoms with Gasteiger partial charge < -0.3 is 15.8 Å². The lowest BCUT2D eigenvalue weighted by Gasteiger charge is -2.24. The van der Waals surface area contributed by atoms with Gasteiger partial charge in [-0.2, -0.15) is 5.10 Å². The average molecular weight is 265 g/mol. The summed E-state index contributed by atoms with van der Waals surface area (Å²) in [4.78, 5) is 2.05. The van der Waals surface area contributed by atoms with Crippen molar-refractivity contribution < 1.29 is 5.21 Å². The van der Waals surface area contributed by atoms with Gasteiger partial charge in [-0.3, -0.25) is 0 Å². The Kier molecular flexibility index (Phi) is 5.54. The lowest BCUT2D eigenvalue weighted by molar-refractivity contribution is 0.318. The third kappa shape index (κ3) is 2.94. The largest absolute Gasteiger partial charge is 0.409 e. The van der Waals surface area contributed by atoms with Crippen LogP contribution < -0.4 is 10.6 Å². The third-order valence-electron chi connectivity index (χ3n) is 3.25. The first kappa shape index (κ1) is 15.2. The lowest BCUT2D eigenvalue weighted by atomic mass is 10.0. The Balaban J connectivity index is 3.55. The molecular weight excluding hydrogens is 242 g/mol. The number of hydrogen-bond acceptors (Lipinski definition) is 5. The summed E-state index contributed by atoms with van der Waals surface area (Å²) in [6.07, 6.45) is 1.55. The highest BCUT2D eigenvalue weighted by molar-refractivity contribution is 6.02. The van der Waals surface area contributed by atoms with E-state index in [0.29, 0.717) is 11.4 Å². The molecule has 0 aliphatic rings. The maximum Gasteiger partial charge on any atom is 0.174 e. The molecular formula is C13H23N5O. The highest BCUT2D eigenvalue weighted by Gasteiger charge is 2.20. The number of aromatic nitrogens is 2. The molecule has 6 heteroatoms. The molecule has 6 nitrogen and oxygen atoms in total. The molecule has 0 aromatic carbocycles. The minimum atomic E-state index is 0.100. The molecule has 0 saturated carbocycles. The van der Waals surface area contributed by atoms with Crippen LogP contribution >= 0.6 is 0 Å². The van der Waals surface area contributed by atoms with E-state index < -0.39 is 0 Å². The molecule has 0 saturated heterocycles. The Morgan fingerprint density at radius 3 is 2.21 bits per heavy atom. The van der Waals surface area contributed by atoms with Gasteiger partial charge in [0.25, 0.3) is 0 Å². The maximum absolute atomic E-state index is 9.02. The molecule has 0 bridgehead atoms. The quantitative estimate of drug-likeness (QED) is 0.352. The van der Waals surface area contributed by atoms with Crippen molar-refractivity contribution >= 4 is 11.7 Å². The smallest absolute Gasteiger partial charge is 0.174 e. The summed E-state index contributed by atoms with van der Waals surface area (Å²) >= 11 is 0. The summed E-state index contributed by atoms with van der Waals surface area (Å²) in [5.74, 6) is 0.790. The van der Waals surface area contributed by atoms with Crippen LogP contribution in [0.5, 0.6) is 0 Å². The SMILES string of the molecule is CCc1nnc(N(CC)CC)c(C(N)=NO)c1CC. The van der Waals surface area contributed by atoms with Crippen molar-refractivity contribution in [1.29, 1.82) is 0 Å². The second-order valence-corrected chi connectivity index (χ2v) is 4.19. The summed E-state index contributed by atoms with van der Waals surface area (Å²) in [5, 5.41) is 20.7. The molecule has 0 radical (unpaired) electrons. The van der Waals surface area contributed by atoms with Gasteiger partial charge in [-0.15, -0.1) is 5.10 Å². The minimum absolute atomic E-state index is 0.100. The van der Waals surface area contributed by atoms with E-state index >= 15 is 0 Å². The zero-order valence-electron chi connectivity index (χ0n) is 12.1. The van der Waals surface area contributed by atoms with Crippen LogP contribution in [0, 0.1) is 0 Å². The van der Waals surface area contributed by atoms with E-state index in [9.17, 15) is 0 Å². The van der Waals surface area contributed by atoms with Gasteiger partial charge in [0.1, 0.15) is 0 Å². The van der Waals surface area contributed by atoms with Crippen LogP contribution in [0.15, 0.2) is 5.16 Å². The van der Waals surface area contributed by atoms with Crippen molar-refractivity contribution in [2.45, 2.75) is 40.5 Å². The van der Waals surface area contributed by atoms with Crippen molar-refractivity contribution in [3.05, 3.63) is 16.8 Å². The summed E-state index contributed by atoms with van der Waals surface area (Å²) in [6, 6.07) is 0. The van der Waals surface area contributed by atoms with Gasteiger partial charge in [-0.1, -0.05) is 19.0 Å². The van der Waals surface area contributed by atoms with Gasteiger partial charge >= 0.3 is 0 Å². The van der Waals surface area contributed by atoms with E-state index in [1.807, 2.05) is 27.7 Å². The van der Waals surface area contributed by atoms with Gasteiger partial charge in [0.15, 0.2) is 11.7 Å². The molecule has 1 aromatic heterocycles. The summed E-state index contributed by atoms with van der Waals surface area (Å²) < 4.78 is 0. The highest BCUT2D eigenvalue weighted by Crippen LogP contribution is 2.23. The highest BCUT2D eigenvalue weighted by atomic mass is 16.4. The van der Waals surface area contributed by atoms with Crippen LogP contribution in [-0.4, -0.2) is 34.3 Å². The molecule has 0 amide bonds. The Labute approximate surface area is 114 Å². The number of aryl methyl sites for hydroxylation is 1. The molecule has 19 heavy (non-hydrogen) atoms. The molecule has 1 rings (SSSR count). The lowest BCUT2D eigenvalue weighted by Crippen LogP contribution is -2.29. The summed E-state index contributed by atoms with van der Waals surface area (Å²) in [7, 11) is 0. The number of nitrogens with zero attached hydrogens (tertiary/aromatic N) is 4. The van der Waals surface area contributed by atoms with Gasteiger partial charge in [0.2, 0.25) is 0 Å². The zero-order chi connectivity index (χ0) is 14.4. The Hall–Kier alpha value is -1.85. The van der Waals surface area contributed by atoms with E-state index in [2.05, 4.69) is 20.3 Å². The monoisotopic (exact) mass is 265 g/mol. The van der Waals surface area contributed by atoms with Crippen LogP contribution in [0.4, 0.5) is 5.82 Å². The first-order valence-electron chi connectivity index (χ1n) is 6.75. The van der Waals surface area contributed by atoms with Crippen LogP contribution in [0.2, 0.25) is 0 Å². The van der Waals surface area contributed by atoms with Crippen molar-refractivity contribution in [3.8, 4) is 0 Å². The number of oxime groups is 1. The van der Waals surface area contributed by atoms with Crippen LogP contribution in [0.1, 0.15) is 44.5 Å². The molecule has 0 unspecified atom stereocenters. The summed E-state index contributed by atoms with van der Waals surface area (Å²) in [5.41, 5.74) is 8.47. The predicted molar refractivity (Wildman–Crippen MR) is 76.9 cm³/mol. The first-order valence-corrected chi connectivity index (χ1v) is 6.75. The molecule has 0 aliphatic heterocycles. The maximum atomic E-state index is 9.02. The second kappa shape index (κ2) is 6.92. The summed E-state index contributed by atoms with van der Waals surface area (Å²) in [6.45, 7) is 9.74. The molecule has 1 aromatic rings. The Morgan fingerprint density at radius 2 is 1.79 bits per heavy atom. The van der Waals surface area contributed by atoms with Crippen LogP contribution in [-0.2, 0) is 12.8 Å².